The van der Waals surface area contributed by atoms with Crippen molar-refractivity contribution in [2.75, 3.05) is 0 Å². The smallest absolute Gasteiger partial charge is 0.432 e. The van der Waals surface area contributed by atoms with Crippen LogP contribution in [-0.4, -0.2) is 18.3 Å². The van der Waals surface area contributed by atoms with E-state index in [-0.39, 0.29) is 53.1 Å². The fraction of sp³-hybridized carbons (Fsp3) is 0.471. The SMILES string of the molecule is CCC(CC)Oc1cc(OC(CC)CC)c(-c2cc(F)c(C(F)(F)Oc3cc(F)c(F)c(F)c3)c(F)c2)c(OC(CC)CC)c1. The van der Waals surface area contributed by atoms with Crippen molar-refractivity contribution in [1.82, 2.24) is 0 Å². The Hall–Kier alpha value is -3.63. The molecule has 0 aromatic heterocycles. The van der Waals surface area contributed by atoms with Gasteiger partial charge in [-0.15, -0.1) is 0 Å². The fourth-order valence-electron chi connectivity index (χ4n) is 4.81. The third-order valence-electron chi connectivity index (χ3n) is 7.49. The van der Waals surface area contributed by atoms with Gasteiger partial charge in [-0.1, -0.05) is 41.5 Å². The quantitative estimate of drug-likeness (QED) is 0.115. The molecule has 0 saturated carbocycles. The number of hydrogen-bond acceptors (Lipinski definition) is 4. The van der Waals surface area contributed by atoms with Gasteiger partial charge in [0.15, 0.2) is 17.5 Å². The molecule has 3 aromatic carbocycles. The summed E-state index contributed by atoms with van der Waals surface area (Å²) in [7, 11) is 0. The lowest BCUT2D eigenvalue weighted by Gasteiger charge is -2.26. The van der Waals surface area contributed by atoms with Gasteiger partial charge in [0.25, 0.3) is 0 Å². The molecule has 0 atom stereocenters. The number of benzene rings is 3. The monoisotopic (exact) mass is 644 g/mol. The molecule has 248 valence electrons. The Morgan fingerprint density at radius 3 is 1.33 bits per heavy atom. The number of alkyl halides is 2. The van der Waals surface area contributed by atoms with Crippen molar-refractivity contribution < 1.29 is 49.7 Å². The largest absolute Gasteiger partial charge is 0.490 e. The first-order chi connectivity index (χ1) is 21.3. The maximum absolute atomic E-state index is 15.5. The Morgan fingerprint density at radius 2 is 0.933 bits per heavy atom. The molecular formula is C34H39F7O4. The molecule has 0 aliphatic heterocycles. The van der Waals surface area contributed by atoms with E-state index in [1.54, 1.807) is 12.1 Å². The van der Waals surface area contributed by atoms with Crippen molar-refractivity contribution in [3.63, 3.8) is 0 Å². The van der Waals surface area contributed by atoms with Crippen LogP contribution in [0.5, 0.6) is 23.0 Å². The van der Waals surface area contributed by atoms with Crippen molar-refractivity contribution >= 4 is 0 Å². The number of rotatable bonds is 16. The molecule has 0 aliphatic rings. The summed E-state index contributed by atoms with van der Waals surface area (Å²) in [5.41, 5.74) is -1.85. The molecule has 0 aliphatic carbocycles. The van der Waals surface area contributed by atoms with Crippen LogP contribution in [0.25, 0.3) is 11.1 Å². The maximum Gasteiger partial charge on any atom is 0.432 e. The van der Waals surface area contributed by atoms with Crippen molar-refractivity contribution in [2.45, 2.75) is 104 Å². The van der Waals surface area contributed by atoms with Crippen molar-refractivity contribution in [3.8, 4) is 34.1 Å². The van der Waals surface area contributed by atoms with Crippen molar-refractivity contribution in [1.29, 1.82) is 0 Å². The molecule has 0 unspecified atom stereocenters. The molecule has 0 amide bonds. The lowest BCUT2D eigenvalue weighted by Crippen LogP contribution is -2.25. The Morgan fingerprint density at radius 1 is 0.533 bits per heavy atom. The van der Waals surface area contributed by atoms with Crippen LogP contribution in [0.3, 0.4) is 0 Å². The second kappa shape index (κ2) is 15.6. The second-order valence-corrected chi connectivity index (χ2v) is 10.6. The molecule has 3 rings (SSSR count). The summed E-state index contributed by atoms with van der Waals surface area (Å²) in [4.78, 5) is 0. The summed E-state index contributed by atoms with van der Waals surface area (Å²) in [5, 5.41) is 0. The van der Waals surface area contributed by atoms with E-state index in [9.17, 15) is 13.2 Å². The molecule has 0 N–H and O–H groups in total. The lowest BCUT2D eigenvalue weighted by molar-refractivity contribution is -0.189. The normalized spacial score (nSPS) is 11.9. The van der Waals surface area contributed by atoms with E-state index >= 15 is 17.6 Å². The van der Waals surface area contributed by atoms with Gasteiger partial charge in [-0.3, -0.25) is 0 Å². The highest BCUT2D eigenvalue weighted by atomic mass is 19.3. The summed E-state index contributed by atoms with van der Waals surface area (Å²) < 4.78 is 125. The zero-order chi connectivity index (χ0) is 33.5. The Bertz CT molecular complexity index is 1350. The van der Waals surface area contributed by atoms with Gasteiger partial charge in [0, 0.05) is 24.3 Å². The van der Waals surface area contributed by atoms with Gasteiger partial charge in [0.1, 0.15) is 40.2 Å². The minimum Gasteiger partial charge on any atom is -0.490 e. The van der Waals surface area contributed by atoms with E-state index < -0.39 is 46.5 Å². The van der Waals surface area contributed by atoms with Crippen LogP contribution in [0.1, 0.15) is 85.6 Å². The Kier molecular flexibility index (Phi) is 12.4. The van der Waals surface area contributed by atoms with E-state index in [1.165, 1.54) is 0 Å². The standard InChI is InChI=1S/C34H39F7O4/c1-7-20(8-2)42-23-17-29(43-21(9-3)10-4)31(30(18-23)44-22(11-5)12-6)19-13-25(35)32(26(36)14-19)34(40,41)45-24-15-27(37)33(39)28(38)16-24/h13-18,20-22H,7-12H2,1-6H3. The Balaban J connectivity index is 2.22. The van der Waals surface area contributed by atoms with Gasteiger partial charge < -0.3 is 18.9 Å². The van der Waals surface area contributed by atoms with Gasteiger partial charge in [-0.2, -0.15) is 8.78 Å². The van der Waals surface area contributed by atoms with Crippen molar-refractivity contribution in [3.05, 3.63) is 71.0 Å². The van der Waals surface area contributed by atoms with Crippen molar-refractivity contribution in [2.24, 2.45) is 0 Å². The highest BCUT2D eigenvalue weighted by molar-refractivity contribution is 5.79. The molecule has 11 heteroatoms. The van der Waals surface area contributed by atoms with Crippen LogP contribution in [0.4, 0.5) is 30.7 Å². The zero-order valence-electron chi connectivity index (χ0n) is 26.2. The van der Waals surface area contributed by atoms with Gasteiger partial charge in [0.05, 0.1) is 23.9 Å². The van der Waals surface area contributed by atoms with Crippen LogP contribution < -0.4 is 18.9 Å². The van der Waals surface area contributed by atoms with Crippen LogP contribution in [0.15, 0.2) is 36.4 Å². The summed E-state index contributed by atoms with van der Waals surface area (Å²) in [5.74, 6) is -9.37. The average Bonchev–Trinajstić information content (AvgIpc) is 2.99. The van der Waals surface area contributed by atoms with E-state index in [0.29, 0.717) is 43.6 Å². The van der Waals surface area contributed by atoms with Crippen LogP contribution >= 0.6 is 0 Å². The summed E-state index contributed by atoms with van der Waals surface area (Å²) in [6, 6.07) is 4.82. The summed E-state index contributed by atoms with van der Waals surface area (Å²) in [6.07, 6.45) is -1.61. The molecule has 0 saturated heterocycles. The van der Waals surface area contributed by atoms with Crippen LogP contribution in [-0.2, 0) is 6.11 Å². The van der Waals surface area contributed by atoms with Gasteiger partial charge in [0.2, 0.25) is 0 Å². The highest BCUT2D eigenvalue weighted by Crippen LogP contribution is 2.46. The zero-order valence-corrected chi connectivity index (χ0v) is 26.2. The topological polar surface area (TPSA) is 36.9 Å². The highest BCUT2D eigenvalue weighted by Gasteiger charge is 2.42. The molecule has 0 bridgehead atoms. The maximum atomic E-state index is 15.5. The van der Waals surface area contributed by atoms with E-state index in [4.69, 9.17) is 14.2 Å². The number of halogens is 7. The third-order valence-corrected chi connectivity index (χ3v) is 7.49. The first-order valence-corrected chi connectivity index (χ1v) is 15.2. The predicted octanol–water partition coefficient (Wildman–Crippen LogP) is 10.9. The minimum absolute atomic E-state index is 0.127. The molecule has 4 nitrogen and oxygen atoms in total. The van der Waals surface area contributed by atoms with Gasteiger partial charge in [-0.05, 0) is 56.2 Å². The summed E-state index contributed by atoms with van der Waals surface area (Å²) >= 11 is 0. The molecular weight excluding hydrogens is 605 g/mol. The molecule has 0 radical (unpaired) electrons. The molecule has 0 spiro atoms. The van der Waals surface area contributed by atoms with E-state index in [1.807, 2.05) is 41.5 Å². The number of hydrogen-bond donors (Lipinski definition) is 0. The fourth-order valence-corrected chi connectivity index (χ4v) is 4.81. The summed E-state index contributed by atoms with van der Waals surface area (Å²) in [6.45, 7) is 11.6. The average molecular weight is 645 g/mol. The van der Waals surface area contributed by atoms with Gasteiger partial charge >= 0.3 is 6.11 Å². The van der Waals surface area contributed by atoms with Crippen LogP contribution in [0.2, 0.25) is 0 Å². The van der Waals surface area contributed by atoms with E-state index in [2.05, 4.69) is 4.74 Å². The molecule has 3 aromatic rings. The number of ether oxygens (including phenoxy) is 4. The second-order valence-electron chi connectivity index (χ2n) is 10.6. The predicted molar refractivity (Wildman–Crippen MR) is 158 cm³/mol. The first-order valence-electron chi connectivity index (χ1n) is 15.2. The van der Waals surface area contributed by atoms with Gasteiger partial charge in [-0.25, -0.2) is 22.0 Å². The Labute approximate surface area is 259 Å². The van der Waals surface area contributed by atoms with Crippen LogP contribution in [0, 0.1) is 29.1 Å². The third kappa shape index (κ3) is 8.55. The molecule has 0 fully saturated rings. The first kappa shape index (κ1) is 35.8. The minimum atomic E-state index is -4.74. The molecule has 45 heavy (non-hydrogen) atoms. The lowest BCUT2D eigenvalue weighted by atomic mass is 9.99. The van der Waals surface area contributed by atoms with E-state index in [0.717, 1.165) is 12.8 Å². The molecule has 0 heterocycles.